The number of nitrogens with zero attached hydrogens (tertiary/aromatic N) is 4. The van der Waals surface area contributed by atoms with E-state index in [0.29, 0.717) is 29.9 Å². The van der Waals surface area contributed by atoms with Crippen LogP contribution in [0.25, 0.3) is 0 Å². The maximum atomic E-state index is 12.7. The molecule has 2 fully saturated rings. The molecule has 2 atom stereocenters. The van der Waals surface area contributed by atoms with Crippen LogP contribution < -0.4 is 10.2 Å². The zero-order valence-corrected chi connectivity index (χ0v) is 15.9. The number of hydrogen-bond acceptors (Lipinski definition) is 5. The highest BCUT2D eigenvalue weighted by molar-refractivity contribution is 5.92. The zero-order valence-electron chi connectivity index (χ0n) is 15.9. The Balaban J connectivity index is 1.75. The Hall–Kier alpha value is -2.18. The van der Waals surface area contributed by atoms with E-state index in [1.807, 2.05) is 4.90 Å². The number of amides is 2. The average Bonchev–Trinajstić information content (AvgIpc) is 3.05. The van der Waals surface area contributed by atoms with Crippen LogP contribution in [0.1, 0.15) is 50.5 Å². The number of aromatic nitrogens is 2. The van der Waals surface area contributed by atoms with Gasteiger partial charge in [0, 0.05) is 39.0 Å². The molecule has 3 rings (SSSR count). The summed E-state index contributed by atoms with van der Waals surface area (Å²) in [7, 11) is 0. The van der Waals surface area contributed by atoms with Crippen LogP contribution in [0.2, 0.25) is 0 Å². The maximum Gasteiger partial charge on any atom is 0.274 e. The molecule has 2 aliphatic rings. The maximum absolute atomic E-state index is 12.7. The van der Waals surface area contributed by atoms with E-state index in [4.69, 9.17) is 0 Å². The predicted octanol–water partition coefficient (Wildman–Crippen LogP) is 1.70. The lowest BCUT2D eigenvalue weighted by molar-refractivity contribution is -0.119. The number of rotatable bonds is 4. The van der Waals surface area contributed by atoms with E-state index in [2.05, 4.69) is 34.0 Å². The Kier molecular flexibility index (Phi) is 5.74. The Labute approximate surface area is 155 Å². The third-order valence-electron chi connectivity index (χ3n) is 5.42. The van der Waals surface area contributed by atoms with Crippen molar-refractivity contribution in [2.24, 2.45) is 11.8 Å². The van der Waals surface area contributed by atoms with Gasteiger partial charge in [-0.15, -0.1) is 0 Å². The summed E-state index contributed by atoms with van der Waals surface area (Å²) >= 11 is 0. The number of nitrogens with one attached hydrogen (secondary N) is 1. The van der Waals surface area contributed by atoms with E-state index < -0.39 is 0 Å². The van der Waals surface area contributed by atoms with Gasteiger partial charge in [-0.25, -0.2) is 4.98 Å². The van der Waals surface area contributed by atoms with Gasteiger partial charge in [0.25, 0.3) is 5.91 Å². The molecule has 2 saturated heterocycles. The second-order valence-electron chi connectivity index (χ2n) is 7.74. The lowest BCUT2D eigenvalue weighted by Crippen LogP contribution is -2.40. The third kappa shape index (κ3) is 4.14. The molecule has 2 aliphatic heterocycles. The first kappa shape index (κ1) is 18.6. The van der Waals surface area contributed by atoms with Gasteiger partial charge in [0.05, 0.1) is 18.4 Å². The van der Waals surface area contributed by atoms with Crippen molar-refractivity contribution in [2.75, 3.05) is 31.1 Å². The average molecular weight is 359 g/mol. The first-order valence-corrected chi connectivity index (χ1v) is 9.59. The van der Waals surface area contributed by atoms with Crippen LogP contribution in [0.3, 0.4) is 0 Å². The molecule has 0 bridgehead atoms. The molecule has 0 aliphatic carbocycles. The van der Waals surface area contributed by atoms with E-state index in [0.717, 1.165) is 32.5 Å². The molecule has 0 radical (unpaired) electrons. The van der Waals surface area contributed by atoms with Crippen molar-refractivity contribution in [3.63, 3.8) is 0 Å². The molecule has 0 spiro atoms. The van der Waals surface area contributed by atoms with Gasteiger partial charge in [0.1, 0.15) is 11.5 Å². The summed E-state index contributed by atoms with van der Waals surface area (Å²) < 4.78 is 0. The van der Waals surface area contributed by atoms with Crippen LogP contribution in [0.5, 0.6) is 0 Å². The minimum absolute atomic E-state index is 0.0115. The van der Waals surface area contributed by atoms with E-state index in [1.54, 1.807) is 19.3 Å². The highest BCUT2D eigenvalue weighted by Crippen LogP contribution is 2.27. The fraction of sp³-hybridized carbons (Fsp3) is 0.684. The van der Waals surface area contributed by atoms with Crippen molar-refractivity contribution < 1.29 is 9.59 Å². The summed E-state index contributed by atoms with van der Waals surface area (Å²) in [6, 6.07) is 0.0933. The molecule has 2 amide bonds. The van der Waals surface area contributed by atoms with Gasteiger partial charge in [0.15, 0.2) is 0 Å². The second-order valence-corrected chi connectivity index (χ2v) is 7.74. The SMILES string of the molecule is CC(=O)N[C@H]1CN(c2cncc(C(=O)N3CCCCC3)n2)C[C@@H]1C(C)C. The number of carbonyl (C=O) groups is 2. The Bertz CT molecular complexity index is 657. The van der Waals surface area contributed by atoms with Crippen LogP contribution in [-0.4, -0.2) is 58.9 Å². The van der Waals surface area contributed by atoms with Gasteiger partial charge in [-0.1, -0.05) is 13.8 Å². The molecule has 0 saturated carbocycles. The summed E-state index contributed by atoms with van der Waals surface area (Å²) in [6.07, 6.45) is 6.56. The Morgan fingerprint density at radius 2 is 1.88 bits per heavy atom. The Morgan fingerprint density at radius 3 is 2.54 bits per heavy atom. The standard InChI is InChI=1S/C19H29N5O2/c1-13(2)15-11-24(12-17(15)21-14(3)25)18-10-20-9-16(22-18)19(26)23-7-5-4-6-8-23/h9-10,13,15,17H,4-8,11-12H2,1-3H3,(H,21,25)/t15-,17+/m1/s1. The Morgan fingerprint density at radius 1 is 1.15 bits per heavy atom. The van der Waals surface area contributed by atoms with Crippen molar-refractivity contribution in [1.82, 2.24) is 20.2 Å². The lowest BCUT2D eigenvalue weighted by Gasteiger charge is -2.26. The van der Waals surface area contributed by atoms with Crippen LogP contribution >= 0.6 is 0 Å². The normalized spacial score (nSPS) is 23.4. The van der Waals surface area contributed by atoms with Gasteiger partial charge >= 0.3 is 0 Å². The molecule has 26 heavy (non-hydrogen) atoms. The van der Waals surface area contributed by atoms with Crippen molar-refractivity contribution in [1.29, 1.82) is 0 Å². The van der Waals surface area contributed by atoms with Gasteiger partial charge in [0.2, 0.25) is 5.91 Å². The van der Waals surface area contributed by atoms with Crippen molar-refractivity contribution >= 4 is 17.6 Å². The van der Waals surface area contributed by atoms with Crippen LogP contribution in [0.15, 0.2) is 12.4 Å². The molecule has 1 N–H and O–H groups in total. The highest BCUT2D eigenvalue weighted by atomic mass is 16.2. The minimum Gasteiger partial charge on any atom is -0.353 e. The monoisotopic (exact) mass is 359 g/mol. The summed E-state index contributed by atoms with van der Waals surface area (Å²) in [5, 5.41) is 3.06. The van der Waals surface area contributed by atoms with E-state index >= 15 is 0 Å². The molecular weight excluding hydrogens is 330 g/mol. The van der Waals surface area contributed by atoms with Gasteiger partial charge in [-0.3, -0.25) is 14.6 Å². The summed E-state index contributed by atoms with van der Waals surface area (Å²) in [5.74, 6) is 1.47. The molecule has 0 unspecified atom stereocenters. The molecule has 7 heteroatoms. The summed E-state index contributed by atoms with van der Waals surface area (Å²) in [5.41, 5.74) is 0.411. The van der Waals surface area contributed by atoms with Crippen LogP contribution in [-0.2, 0) is 4.79 Å². The molecule has 1 aromatic heterocycles. The second kappa shape index (κ2) is 8.01. The van der Waals surface area contributed by atoms with Gasteiger partial charge in [-0.2, -0.15) is 0 Å². The molecule has 0 aromatic carbocycles. The fourth-order valence-corrected chi connectivity index (χ4v) is 3.98. The number of likely N-dealkylation sites (tertiary alicyclic amines) is 1. The molecule has 1 aromatic rings. The van der Waals surface area contributed by atoms with Gasteiger partial charge in [-0.05, 0) is 25.2 Å². The summed E-state index contributed by atoms with van der Waals surface area (Å²) in [4.78, 5) is 37.1. The highest BCUT2D eigenvalue weighted by Gasteiger charge is 2.36. The van der Waals surface area contributed by atoms with Crippen LogP contribution in [0, 0.1) is 11.8 Å². The van der Waals surface area contributed by atoms with Crippen LogP contribution in [0.4, 0.5) is 5.82 Å². The smallest absolute Gasteiger partial charge is 0.274 e. The fourth-order valence-electron chi connectivity index (χ4n) is 3.98. The number of hydrogen-bond donors (Lipinski definition) is 1. The molecule has 7 nitrogen and oxygen atoms in total. The first-order valence-electron chi connectivity index (χ1n) is 9.59. The number of piperidine rings is 1. The zero-order chi connectivity index (χ0) is 18.7. The van der Waals surface area contributed by atoms with E-state index in [1.165, 1.54) is 6.42 Å². The van der Waals surface area contributed by atoms with Crippen molar-refractivity contribution in [3.8, 4) is 0 Å². The summed E-state index contributed by atoms with van der Waals surface area (Å²) in [6.45, 7) is 8.99. The molecule has 3 heterocycles. The first-order chi connectivity index (χ1) is 12.5. The van der Waals surface area contributed by atoms with Crippen molar-refractivity contribution in [2.45, 2.75) is 46.1 Å². The van der Waals surface area contributed by atoms with E-state index in [9.17, 15) is 9.59 Å². The predicted molar refractivity (Wildman–Crippen MR) is 99.9 cm³/mol. The lowest BCUT2D eigenvalue weighted by atomic mass is 9.91. The quantitative estimate of drug-likeness (QED) is 0.885. The topological polar surface area (TPSA) is 78.4 Å². The molecule has 142 valence electrons. The van der Waals surface area contributed by atoms with Gasteiger partial charge < -0.3 is 15.1 Å². The van der Waals surface area contributed by atoms with E-state index in [-0.39, 0.29) is 17.9 Å². The third-order valence-corrected chi connectivity index (χ3v) is 5.42. The number of carbonyl (C=O) groups excluding carboxylic acids is 2. The molecular formula is C19H29N5O2. The van der Waals surface area contributed by atoms with Crippen molar-refractivity contribution in [3.05, 3.63) is 18.1 Å². The minimum atomic E-state index is -0.0305. The largest absolute Gasteiger partial charge is 0.353 e. The number of anilines is 1.